The van der Waals surface area contributed by atoms with E-state index in [2.05, 4.69) is 6.92 Å². The zero-order valence-corrected chi connectivity index (χ0v) is 15.5. The molecule has 3 nitrogen and oxygen atoms in total. The zero-order chi connectivity index (χ0) is 18.1. The summed E-state index contributed by atoms with van der Waals surface area (Å²) in [6.07, 6.45) is 13.1. The van der Waals surface area contributed by atoms with E-state index in [1.165, 1.54) is 51.4 Å². The first-order valence-corrected chi connectivity index (χ1v) is 9.83. The molecule has 2 rings (SSSR count). The van der Waals surface area contributed by atoms with Crippen LogP contribution < -0.4 is 5.73 Å². The highest BCUT2D eigenvalue weighted by Gasteiger charge is 2.29. The van der Waals surface area contributed by atoms with E-state index in [1.54, 1.807) is 24.3 Å². The van der Waals surface area contributed by atoms with E-state index < -0.39 is 0 Å². The number of benzene rings is 1. The molecule has 0 atom stereocenters. The maximum absolute atomic E-state index is 12.6. The third-order valence-corrected chi connectivity index (χ3v) is 5.04. The van der Waals surface area contributed by atoms with Gasteiger partial charge in [-0.3, -0.25) is 9.59 Å². The molecule has 0 radical (unpaired) electrons. The molecule has 2 N–H and O–H groups in total. The number of fused-ring (bicyclic) bond motifs is 1. The fourth-order valence-corrected chi connectivity index (χ4v) is 3.48. The standard InChI is InChI=1S/C22H31NO2/c1-2-3-4-5-6-7-8-9-10-11-16-19-20(23)22(25)18-15-13-12-14-17(18)21(19)24/h12-15H,2-11,16,23H2,1H3. The van der Waals surface area contributed by atoms with E-state index in [0.717, 1.165) is 12.8 Å². The van der Waals surface area contributed by atoms with Crippen LogP contribution in [0.2, 0.25) is 0 Å². The highest BCUT2D eigenvalue weighted by Crippen LogP contribution is 2.27. The van der Waals surface area contributed by atoms with Crippen molar-refractivity contribution in [2.45, 2.75) is 77.6 Å². The molecule has 0 saturated carbocycles. The van der Waals surface area contributed by atoms with E-state index in [4.69, 9.17) is 5.73 Å². The lowest BCUT2D eigenvalue weighted by molar-refractivity contribution is 0.0970. The molecule has 136 valence electrons. The lowest BCUT2D eigenvalue weighted by atomic mass is 9.85. The van der Waals surface area contributed by atoms with Gasteiger partial charge in [0.05, 0.1) is 5.70 Å². The number of carbonyl (C=O) groups excluding carboxylic acids is 2. The summed E-state index contributed by atoms with van der Waals surface area (Å²) < 4.78 is 0. The average Bonchev–Trinajstić information content (AvgIpc) is 2.64. The van der Waals surface area contributed by atoms with Crippen molar-refractivity contribution in [2.24, 2.45) is 5.73 Å². The maximum Gasteiger partial charge on any atom is 0.209 e. The zero-order valence-electron chi connectivity index (χ0n) is 15.5. The SMILES string of the molecule is CCCCCCCCCCCCC1=C(N)C(=O)c2ccccc2C1=O. The lowest BCUT2D eigenvalue weighted by Crippen LogP contribution is -2.26. The van der Waals surface area contributed by atoms with Gasteiger partial charge in [0.15, 0.2) is 5.78 Å². The minimum absolute atomic E-state index is 0.0661. The lowest BCUT2D eigenvalue weighted by Gasteiger charge is -2.18. The van der Waals surface area contributed by atoms with Crippen LogP contribution in [0, 0.1) is 0 Å². The van der Waals surface area contributed by atoms with Crippen LogP contribution in [-0.4, -0.2) is 11.6 Å². The van der Waals surface area contributed by atoms with E-state index in [9.17, 15) is 9.59 Å². The molecule has 0 unspecified atom stereocenters. The van der Waals surface area contributed by atoms with Gasteiger partial charge in [-0.15, -0.1) is 0 Å². The normalized spacial score (nSPS) is 14.1. The van der Waals surface area contributed by atoms with Gasteiger partial charge in [0.2, 0.25) is 5.78 Å². The molecule has 0 aliphatic heterocycles. The van der Waals surface area contributed by atoms with Crippen molar-refractivity contribution in [1.82, 2.24) is 0 Å². The number of carbonyl (C=O) groups is 2. The molecule has 0 heterocycles. The first-order valence-electron chi connectivity index (χ1n) is 9.83. The van der Waals surface area contributed by atoms with Crippen LogP contribution in [0.4, 0.5) is 0 Å². The number of hydrogen-bond acceptors (Lipinski definition) is 3. The summed E-state index contributed by atoms with van der Waals surface area (Å²) in [5, 5.41) is 0. The molecular weight excluding hydrogens is 310 g/mol. The van der Waals surface area contributed by atoms with Crippen LogP contribution in [0.5, 0.6) is 0 Å². The van der Waals surface area contributed by atoms with E-state index in [-0.39, 0.29) is 17.3 Å². The number of allylic oxidation sites excluding steroid dienone is 2. The second kappa shape index (κ2) is 10.2. The van der Waals surface area contributed by atoms with Gasteiger partial charge in [0.25, 0.3) is 0 Å². The maximum atomic E-state index is 12.6. The van der Waals surface area contributed by atoms with Gasteiger partial charge in [0.1, 0.15) is 0 Å². The number of ketones is 2. The Labute approximate surface area is 151 Å². The number of hydrogen-bond donors (Lipinski definition) is 1. The smallest absolute Gasteiger partial charge is 0.209 e. The molecular formula is C22H31NO2. The molecule has 1 aliphatic carbocycles. The second-order valence-corrected chi connectivity index (χ2v) is 7.03. The number of rotatable bonds is 11. The largest absolute Gasteiger partial charge is 0.395 e. The van der Waals surface area contributed by atoms with Crippen LogP contribution in [0.15, 0.2) is 35.5 Å². The number of unbranched alkanes of at least 4 members (excludes halogenated alkanes) is 9. The van der Waals surface area contributed by atoms with Crippen molar-refractivity contribution in [1.29, 1.82) is 0 Å². The van der Waals surface area contributed by atoms with Gasteiger partial charge in [-0.05, 0) is 12.8 Å². The molecule has 0 fully saturated rings. The number of nitrogens with two attached hydrogens (primary N) is 1. The van der Waals surface area contributed by atoms with Crippen LogP contribution in [-0.2, 0) is 0 Å². The van der Waals surface area contributed by atoms with Gasteiger partial charge >= 0.3 is 0 Å². The minimum atomic E-state index is -0.197. The van der Waals surface area contributed by atoms with Crippen LogP contribution in [0.1, 0.15) is 98.3 Å². The monoisotopic (exact) mass is 341 g/mol. The first-order chi connectivity index (χ1) is 12.2. The van der Waals surface area contributed by atoms with E-state index >= 15 is 0 Å². The van der Waals surface area contributed by atoms with Crippen molar-refractivity contribution >= 4 is 11.6 Å². The summed E-state index contributed by atoms with van der Waals surface area (Å²) >= 11 is 0. The topological polar surface area (TPSA) is 60.2 Å². The number of Topliss-reactive ketones (excluding diaryl/α,β-unsaturated/α-hetero) is 2. The molecule has 0 amide bonds. The van der Waals surface area contributed by atoms with Crippen LogP contribution in [0.3, 0.4) is 0 Å². The molecule has 25 heavy (non-hydrogen) atoms. The van der Waals surface area contributed by atoms with Gasteiger partial charge < -0.3 is 5.73 Å². The van der Waals surface area contributed by atoms with Crippen LogP contribution >= 0.6 is 0 Å². The highest BCUT2D eigenvalue weighted by atomic mass is 16.1. The van der Waals surface area contributed by atoms with E-state index in [0.29, 0.717) is 23.1 Å². The van der Waals surface area contributed by atoms with Crippen molar-refractivity contribution in [3.05, 3.63) is 46.7 Å². The summed E-state index contributed by atoms with van der Waals surface area (Å²) in [5.41, 5.74) is 7.57. The Kier molecular flexibility index (Phi) is 7.90. The summed E-state index contributed by atoms with van der Waals surface area (Å²) in [5.74, 6) is -0.263. The molecule has 1 aromatic carbocycles. The Hall–Kier alpha value is -1.90. The molecule has 1 aromatic rings. The van der Waals surface area contributed by atoms with Gasteiger partial charge in [0, 0.05) is 16.7 Å². The fourth-order valence-electron chi connectivity index (χ4n) is 3.48. The summed E-state index contributed by atoms with van der Waals surface area (Å²) in [6, 6.07) is 6.97. The quantitative estimate of drug-likeness (QED) is 0.534. The van der Waals surface area contributed by atoms with Gasteiger partial charge in [-0.25, -0.2) is 0 Å². The fraction of sp³-hybridized carbons (Fsp3) is 0.545. The Morgan fingerprint density at radius 2 is 1.20 bits per heavy atom. The van der Waals surface area contributed by atoms with Crippen molar-refractivity contribution in [2.75, 3.05) is 0 Å². The van der Waals surface area contributed by atoms with Crippen molar-refractivity contribution in [3.8, 4) is 0 Å². The summed E-state index contributed by atoms with van der Waals surface area (Å²) in [7, 11) is 0. The molecule has 0 bridgehead atoms. The first kappa shape index (κ1) is 19.4. The van der Waals surface area contributed by atoms with Crippen LogP contribution in [0.25, 0.3) is 0 Å². The molecule has 3 heteroatoms. The molecule has 0 saturated heterocycles. The predicted octanol–water partition coefficient (Wildman–Crippen LogP) is 5.59. The van der Waals surface area contributed by atoms with E-state index in [1.807, 2.05) is 0 Å². The third kappa shape index (κ3) is 5.29. The second-order valence-electron chi connectivity index (χ2n) is 7.03. The highest BCUT2D eigenvalue weighted by molar-refractivity contribution is 6.26. The van der Waals surface area contributed by atoms with Crippen molar-refractivity contribution < 1.29 is 9.59 Å². The van der Waals surface area contributed by atoms with Gasteiger partial charge in [-0.1, -0.05) is 89.0 Å². The molecule has 0 spiro atoms. The third-order valence-electron chi connectivity index (χ3n) is 5.04. The van der Waals surface area contributed by atoms with Gasteiger partial charge in [-0.2, -0.15) is 0 Å². The minimum Gasteiger partial charge on any atom is -0.395 e. The summed E-state index contributed by atoms with van der Waals surface area (Å²) in [4.78, 5) is 24.9. The Balaban J connectivity index is 1.72. The Bertz CT molecular complexity index is 631. The Morgan fingerprint density at radius 3 is 1.76 bits per heavy atom. The summed E-state index contributed by atoms with van der Waals surface area (Å²) in [6.45, 7) is 2.24. The average molecular weight is 341 g/mol. The molecule has 1 aliphatic rings. The Morgan fingerprint density at radius 1 is 0.720 bits per heavy atom. The molecule has 0 aromatic heterocycles. The van der Waals surface area contributed by atoms with Crippen molar-refractivity contribution in [3.63, 3.8) is 0 Å². The predicted molar refractivity (Wildman–Crippen MR) is 103 cm³/mol.